The topological polar surface area (TPSA) is 45.7 Å². The van der Waals surface area contributed by atoms with E-state index in [9.17, 15) is 4.79 Å². The van der Waals surface area contributed by atoms with E-state index in [4.69, 9.17) is 21.3 Å². The number of hydrogen-bond donors (Lipinski definition) is 0. The molecule has 3 aromatic rings. The average Bonchev–Trinajstić information content (AvgIpc) is 3.20. The van der Waals surface area contributed by atoms with Gasteiger partial charge in [0.2, 0.25) is 5.91 Å². The van der Waals surface area contributed by atoms with Crippen molar-refractivity contribution in [2.24, 2.45) is 0 Å². The van der Waals surface area contributed by atoms with Crippen LogP contribution in [0.25, 0.3) is 10.2 Å². The number of aryl methyl sites for hydroxylation is 2. The normalized spacial score (nSPS) is 11.3. The molecular weight excluding hydrogens is 430 g/mol. The van der Waals surface area contributed by atoms with Crippen LogP contribution in [0, 0.1) is 13.8 Å². The van der Waals surface area contributed by atoms with Crippen molar-refractivity contribution < 1.29 is 9.53 Å². The van der Waals surface area contributed by atoms with Gasteiger partial charge in [0.15, 0.2) is 5.13 Å². The molecule has 0 aliphatic rings. The summed E-state index contributed by atoms with van der Waals surface area (Å²) in [7, 11) is 1.62. The van der Waals surface area contributed by atoms with E-state index in [-0.39, 0.29) is 5.91 Å². The van der Waals surface area contributed by atoms with Gasteiger partial charge in [0, 0.05) is 13.1 Å². The van der Waals surface area contributed by atoms with Crippen molar-refractivity contribution in [1.82, 2.24) is 9.88 Å². The van der Waals surface area contributed by atoms with Gasteiger partial charge in [-0.05, 0) is 55.8 Å². The van der Waals surface area contributed by atoms with Crippen molar-refractivity contribution in [3.05, 3.63) is 52.0 Å². The van der Waals surface area contributed by atoms with E-state index in [0.29, 0.717) is 34.4 Å². The van der Waals surface area contributed by atoms with E-state index in [0.717, 1.165) is 29.9 Å². The van der Waals surface area contributed by atoms with Gasteiger partial charge in [-0.3, -0.25) is 9.69 Å². The summed E-state index contributed by atoms with van der Waals surface area (Å²) in [5.74, 6) is 0.691. The molecular formula is C24H30ClN3O2S. The summed E-state index contributed by atoms with van der Waals surface area (Å²) >= 11 is 7.86. The summed E-state index contributed by atoms with van der Waals surface area (Å²) in [5.41, 5.74) is 4.12. The number of hydrogen-bond acceptors (Lipinski definition) is 5. The van der Waals surface area contributed by atoms with E-state index >= 15 is 0 Å². The second kappa shape index (κ2) is 10.4. The predicted octanol–water partition coefficient (Wildman–Crippen LogP) is 5.49. The van der Waals surface area contributed by atoms with Gasteiger partial charge in [0.25, 0.3) is 0 Å². The third-order valence-electron chi connectivity index (χ3n) is 5.66. The number of carbonyl (C=O) groups is 1. The lowest BCUT2D eigenvalue weighted by atomic mass is 10.0. The second-order valence-corrected chi connectivity index (χ2v) is 8.98. The fourth-order valence-electron chi connectivity index (χ4n) is 3.51. The number of aromatic nitrogens is 1. The van der Waals surface area contributed by atoms with Crippen molar-refractivity contribution in [2.75, 3.05) is 38.2 Å². The highest BCUT2D eigenvalue weighted by molar-refractivity contribution is 7.23. The van der Waals surface area contributed by atoms with E-state index in [1.165, 1.54) is 22.5 Å². The predicted molar refractivity (Wildman–Crippen MR) is 131 cm³/mol. The Hall–Kier alpha value is -2.15. The zero-order chi connectivity index (χ0) is 22.5. The fraction of sp³-hybridized carbons (Fsp3) is 0.417. The molecule has 7 heteroatoms. The van der Waals surface area contributed by atoms with Gasteiger partial charge in [-0.1, -0.05) is 55.0 Å². The van der Waals surface area contributed by atoms with E-state index in [1.807, 2.05) is 18.2 Å². The number of benzene rings is 2. The molecule has 0 saturated carbocycles. The molecule has 1 heterocycles. The molecule has 3 rings (SSSR count). The molecule has 0 saturated heterocycles. The SMILES string of the molecule is CCN(CC)CCN(C(=O)Cc1ccc(C)c(C)c1)c1nc2c(OC)ccc(Cl)c2s1. The van der Waals surface area contributed by atoms with Crippen molar-refractivity contribution in [1.29, 1.82) is 0 Å². The molecule has 1 amide bonds. The highest BCUT2D eigenvalue weighted by Gasteiger charge is 2.23. The number of carbonyl (C=O) groups excluding carboxylic acids is 1. The number of nitrogens with zero attached hydrogens (tertiary/aromatic N) is 3. The lowest BCUT2D eigenvalue weighted by molar-refractivity contribution is -0.118. The van der Waals surface area contributed by atoms with Crippen LogP contribution in [0.1, 0.15) is 30.5 Å². The molecule has 166 valence electrons. The zero-order valence-corrected chi connectivity index (χ0v) is 20.4. The largest absolute Gasteiger partial charge is 0.494 e. The molecule has 1 aromatic heterocycles. The highest BCUT2D eigenvalue weighted by atomic mass is 35.5. The molecule has 0 aliphatic heterocycles. The van der Waals surface area contributed by atoms with Crippen molar-refractivity contribution >= 4 is 44.2 Å². The highest BCUT2D eigenvalue weighted by Crippen LogP contribution is 2.38. The standard InChI is InChI=1S/C24H30ClN3O2S/c1-6-27(7-2)12-13-28(21(29)15-18-9-8-16(3)17(4)14-18)24-26-22-20(30-5)11-10-19(25)23(22)31-24/h8-11,14H,6-7,12-13,15H2,1-5H3. The summed E-state index contributed by atoms with van der Waals surface area (Å²) in [4.78, 5) is 22.3. The van der Waals surface area contributed by atoms with E-state index in [2.05, 4.69) is 44.7 Å². The summed E-state index contributed by atoms with van der Waals surface area (Å²) < 4.78 is 6.30. The Kier molecular flexibility index (Phi) is 7.92. The van der Waals surface area contributed by atoms with Crippen LogP contribution in [0.5, 0.6) is 5.75 Å². The number of thiazole rings is 1. The minimum absolute atomic E-state index is 0.0320. The van der Waals surface area contributed by atoms with Crippen LogP contribution in [-0.4, -0.2) is 49.1 Å². The molecule has 0 spiro atoms. The van der Waals surface area contributed by atoms with Gasteiger partial charge >= 0.3 is 0 Å². The molecule has 0 aliphatic carbocycles. The minimum Gasteiger partial charge on any atom is -0.494 e. The first kappa shape index (κ1) is 23.5. The van der Waals surface area contributed by atoms with Crippen LogP contribution in [0.4, 0.5) is 5.13 Å². The first-order valence-electron chi connectivity index (χ1n) is 10.6. The third-order valence-corrected chi connectivity index (χ3v) is 7.20. The molecule has 0 fully saturated rings. The molecule has 0 atom stereocenters. The Labute approximate surface area is 193 Å². The van der Waals surface area contributed by atoms with Crippen molar-refractivity contribution in [3.8, 4) is 5.75 Å². The van der Waals surface area contributed by atoms with Crippen LogP contribution < -0.4 is 9.64 Å². The molecule has 2 aromatic carbocycles. The van der Waals surface area contributed by atoms with E-state index in [1.54, 1.807) is 12.0 Å². The first-order valence-corrected chi connectivity index (χ1v) is 11.8. The van der Waals surface area contributed by atoms with Gasteiger partial charge in [0.1, 0.15) is 11.3 Å². The van der Waals surface area contributed by atoms with Gasteiger partial charge in [0.05, 0.1) is 23.3 Å². The zero-order valence-electron chi connectivity index (χ0n) is 18.9. The van der Waals surface area contributed by atoms with Gasteiger partial charge in [-0.25, -0.2) is 4.98 Å². The summed E-state index contributed by atoms with van der Waals surface area (Å²) in [5, 5.41) is 1.27. The number of halogens is 1. The number of fused-ring (bicyclic) bond motifs is 1. The number of methoxy groups -OCH3 is 1. The first-order chi connectivity index (χ1) is 14.9. The summed E-state index contributed by atoms with van der Waals surface area (Å²) in [6.45, 7) is 11.7. The van der Waals surface area contributed by atoms with Crippen molar-refractivity contribution in [2.45, 2.75) is 34.1 Å². The summed E-state index contributed by atoms with van der Waals surface area (Å²) in [6.07, 6.45) is 0.333. The molecule has 0 radical (unpaired) electrons. The van der Waals surface area contributed by atoms with E-state index < -0.39 is 0 Å². The molecule has 5 nitrogen and oxygen atoms in total. The maximum Gasteiger partial charge on any atom is 0.233 e. The Bertz CT molecular complexity index is 1060. The number of likely N-dealkylation sites (N-methyl/N-ethyl adjacent to an activating group) is 1. The summed E-state index contributed by atoms with van der Waals surface area (Å²) in [6, 6.07) is 9.81. The number of anilines is 1. The monoisotopic (exact) mass is 459 g/mol. The third kappa shape index (κ3) is 5.37. The minimum atomic E-state index is 0.0320. The van der Waals surface area contributed by atoms with Gasteiger partial charge in [-0.15, -0.1) is 0 Å². The molecule has 0 N–H and O–H groups in total. The van der Waals surface area contributed by atoms with Gasteiger partial charge < -0.3 is 9.64 Å². The van der Waals surface area contributed by atoms with Crippen LogP contribution in [0.2, 0.25) is 5.02 Å². The molecule has 0 unspecified atom stereocenters. The quantitative estimate of drug-likeness (QED) is 0.424. The van der Waals surface area contributed by atoms with Crippen LogP contribution in [0.3, 0.4) is 0 Å². The number of amides is 1. The second-order valence-electron chi connectivity index (χ2n) is 7.59. The average molecular weight is 460 g/mol. The Balaban J connectivity index is 1.95. The molecule has 0 bridgehead atoms. The number of ether oxygens (including phenoxy) is 1. The van der Waals surface area contributed by atoms with Crippen LogP contribution in [-0.2, 0) is 11.2 Å². The Morgan fingerprint density at radius 2 is 1.84 bits per heavy atom. The van der Waals surface area contributed by atoms with Gasteiger partial charge in [-0.2, -0.15) is 0 Å². The Morgan fingerprint density at radius 3 is 2.48 bits per heavy atom. The van der Waals surface area contributed by atoms with Crippen molar-refractivity contribution in [3.63, 3.8) is 0 Å². The maximum absolute atomic E-state index is 13.4. The number of rotatable bonds is 9. The fourth-order valence-corrected chi connectivity index (χ4v) is 4.81. The van der Waals surface area contributed by atoms with Crippen LogP contribution >= 0.6 is 22.9 Å². The lowest BCUT2D eigenvalue weighted by Gasteiger charge is -2.25. The van der Waals surface area contributed by atoms with Crippen LogP contribution in [0.15, 0.2) is 30.3 Å². The Morgan fingerprint density at radius 1 is 1.10 bits per heavy atom. The smallest absolute Gasteiger partial charge is 0.233 e. The molecule has 31 heavy (non-hydrogen) atoms. The lowest BCUT2D eigenvalue weighted by Crippen LogP contribution is -2.39. The maximum atomic E-state index is 13.4.